The second-order valence-corrected chi connectivity index (χ2v) is 6.06. The molecule has 0 fully saturated rings. The van der Waals surface area contributed by atoms with Gasteiger partial charge in [0.2, 0.25) is 0 Å². The molecular weight excluding hydrogens is 371 g/mol. The van der Waals surface area contributed by atoms with Gasteiger partial charge in [0.05, 0.1) is 12.5 Å². The molecule has 0 aliphatic carbocycles. The van der Waals surface area contributed by atoms with Gasteiger partial charge in [0, 0.05) is 22.8 Å². The number of nitriles is 1. The summed E-state index contributed by atoms with van der Waals surface area (Å²) in [5.41, 5.74) is 3.51. The molecule has 0 saturated carbocycles. The van der Waals surface area contributed by atoms with Crippen molar-refractivity contribution in [3.63, 3.8) is 0 Å². The van der Waals surface area contributed by atoms with Crippen molar-refractivity contribution in [1.82, 2.24) is 0 Å². The van der Waals surface area contributed by atoms with E-state index in [9.17, 15) is 0 Å². The number of benzene rings is 2. The Hall–Kier alpha value is -1.80. The Labute approximate surface area is 139 Å². The van der Waals surface area contributed by atoms with Crippen LogP contribution in [0.25, 0.3) is 12.2 Å². The zero-order chi connectivity index (χ0) is 15.1. The highest BCUT2D eigenvalue weighted by Gasteiger charge is 1.99. The normalized spacial score (nSPS) is 10.5. The number of rotatable bonds is 5. The van der Waals surface area contributed by atoms with Crippen molar-refractivity contribution in [1.29, 1.82) is 5.26 Å². The van der Waals surface area contributed by atoms with Gasteiger partial charge in [0.15, 0.2) is 0 Å². The first-order chi connectivity index (χ1) is 10.2. The molecule has 2 aromatic rings. The first-order valence-electron chi connectivity index (χ1n) is 6.81. The molecule has 0 unspecified atom stereocenters. The van der Waals surface area contributed by atoms with Crippen LogP contribution in [-0.2, 0) is 0 Å². The smallest absolute Gasteiger partial charge is 0.0640 e. The molecule has 0 amide bonds. The van der Waals surface area contributed by atoms with Crippen molar-refractivity contribution in [2.75, 3.05) is 18.5 Å². The highest BCUT2D eigenvalue weighted by molar-refractivity contribution is 14.1. The molecule has 0 heterocycles. The highest BCUT2D eigenvalue weighted by atomic mass is 127. The van der Waals surface area contributed by atoms with Crippen molar-refractivity contribution in [2.45, 2.75) is 6.42 Å². The van der Waals surface area contributed by atoms with E-state index in [1.807, 2.05) is 7.05 Å². The summed E-state index contributed by atoms with van der Waals surface area (Å²) in [5.74, 6) is 0. The zero-order valence-electron chi connectivity index (χ0n) is 12.0. The monoisotopic (exact) mass is 388 g/mol. The van der Waals surface area contributed by atoms with E-state index in [2.05, 4.69) is 94.2 Å². The molecule has 0 N–H and O–H groups in total. The molecule has 0 bridgehead atoms. The van der Waals surface area contributed by atoms with Crippen molar-refractivity contribution in [2.24, 2.45) is 0 Å². The lowest BCUT2D eigenvalue weighted by Gasteiger charge is -2.17. The summed E-state index contributed by atoms with van der Waals surface area (Å²) < 4.78 is 1.24. The first-order valence-corrected chi connectivity index (χ1v) is 7.89. The number of hydrogen-bond acceptors (Lipinski definition) is 2. The Morgan fingerprint density at radius 1 is 1.10 bits per heavy atom. The van der Waals surface area contributed by atoms with E-state index in [1.165, 1.54) is 14.7 Å². The minimum atomic E-state index is 0.546. The molecule has 2 nitrogen and oxygen atoms in total. The van der Waals surface area contributed by atoms with E-state index in [0.717, 1.165) is 12.2 Å². The van der Waals surface area contributed by atoms with Gasteiger partial charge in [-0.05, 0) is 58.0 Å². The Bertz CT molecular complexity index is 654. The maximum absolute atomic E-state index is 8.62. The number of halogens is 1. The van der Waals surface area contributed by atoms with Gasteiger partial charge >= 0.3 is 0 Å². The average Bonchev–Trinajstić information content (AvgIpc) is 2.51. The largest absolute Gasteiger partial charge is 0.374 e. The minimum Gasteiger partial charge on any atom is -0.374 e. The van der Waals surface area contributed by atoms with Gasteiger partial charge in [0.25, 0.3) is 0 Å². The molecule has 0 radical (unpaired) electrons. The Kier molecular flexibility index (Phi) is 5.82. The van der Waals surface area contributed by atoms with E-state index < -0.39 is 0 Å². The van der Waals surface area contributed by atoms with Crippen molar-refractivity contribution in [3.8, 4) is 6.07 Å². The maximum Gasteiger partial charge on any atom is 0.0640 e. The van der Waals surface area contributed by atoms with Crippen LogP contribution in [-0.4, -0.2) is 13.6 Å². The van der Waals surface area contributed by atoms with Crippen LogP contribution in [0.2, 0.25) is 0 Å². The van der Waals surface area contributed by atoms with E-state index in [1.54, 1.807) is 0 Å². The summed E-state index contributed by atoms with van der Waals surface area (Å²) in [6.45, 7) is 0.758. The van der Waals surface area contributed by atoms with Gasteiger partial charge in [-0.2, -0.15) is 5.26 Å². The highest BCUT2D eigenvalue weighted by Crippen LogP contribution is 2.16. The second-order valence-electron chi connectivity index (χ2n) is 4.81. The number of hydrogen-bond donors (Lipinski definition) is 0. The molecule has 106 valence electrons. The summed E-state index contributed by atoms with van der Waals surface area (Å²) in [6.07, 6.45) is 4.78. The predicted molar refractivity (Wildman–Crippen MR) is 98.0 cm³/mol. The van der Waals surface area contributed by atoms with Gasteiger partial charge in [-0.1, -0.05) is 36.4 Å². The van der Waals surface area contributed by atoms with Gasteiger partial charge in [0.1, 0.15) is 0 Å². The average molecular weight is 388 g/mol. The summed E-state index contributed by atoms with van der Waals surface area (Å²) >= 11 is 2.32. The number of nitrogens with zero attached hydrogens (tertiary/aromatic N) is 2. The lowest BCUT2D eigenvalue weighted by atomic mass is 10.1. The Morgan fingerprint density at radius 3 is 2.48 bits per heavy atom. The summed E-state index contributed by atoms with van der Waals surface area (Å²) in [4.78, 5) is 2.09. The summed E-state index contributed by atoms with van der Waals surface area (Å²) in [6, 6.07) is 19.0. The van der Waals surface area contributed by atoms with Crippen molar-refractivity contribution < 1.29 is 0 Å². The fourth-order valence-electron chi connectivity index (χ4n) is 1.99. The van der Waals surface area contributed by atoms with E-state index in [0.29, 0.717) is 6.42 Å². The molecule has 21 heavy (non-hydrogen) atoms. The van der Waals surface area contributed by atoms with Crippen molar-refractivity contribution >= 4 is 40.4 Å². The van der Waals surface area contributed by atoms with Crippen molar-refractivity contribution in [3.05, 3.63) is 63.2 Å². The van der Waals surface area contributed by atoms with Gasteiger partial charge in [-0.15, -0.1) is 0 Å². The molecule has 0 aliphatic heterocycles. The van der Waals surface area contributed by atoms with Crippen LogP contribution < -0.4 is 4.90 Å². The molecule has 0 saturated heterocycles. The zero-order valence-corrected chi connectivity index (χ0v) is 14.1. The van der Waals surface area contributed by atoms with Crippen LogP contribution in [0.4, 0.5) is 5.69 Å². The van der Waals surface area contributed by atoms with Gasteiger partial charge in [-0.3, -0.25) is 0 Å². The lowest BCUT2D eigenvalue weighted by Crippen LogP contribution is -2.17. The predicted octanol–water partition coefficient (Wildman–Crippen LogP) is 4.81. The van der Waals surface area contributed by atoms with Crippen LogP contribution in [0.1, 0.15) is 17.5 Å². The molecule has 0 spiro atoms. The third-order valence-electron chi connectivity index (χ3n) is 3.21. The fourth-order valence-corrected chi connectivity index (χ4v) is 2.56. The van der Waals surface area contributed by atoms with Gasteiger partial charge in [-0.25, -0.2) is 0 Å². The van der Waals surface area contributed by atoms with E-state index in [4.69, 9.17) is 5.26 Å². The summed E-state index contributed by atoms with van der Waals surface area (Å²) in [5, 5.41) is 8.62. The third kappa shape index (κ3) is 4.91. The fraction of sp³-hybridized carbons (Fsp3) is 0.167. The minimum absolute atomic E-state index is 0.546. The third-order valence-corrected chi connectivity index (χ3v) is 3.88. The van der Waals surface area contributed by atoms with E-state index >= 15 is 0 Å². The van der Waals surface area contributed by atoms with Crippen LogP contribution in [0.3, 0.4) is 0 Å². The molecule has 2 rings (SSSR count). The molecule has 0 atom stereocenters. The van der Waals surface area contributed by atoms with Crippen LogP contribution in [0.5, 0.6) is 0 Å². The molecular formula is C18H17IN2. The number of anilines is 1. The molecule has 3 heteroatoms. The Morgan fingerprint density at radius 2 is 1.81 bits per heavy atom. The topological polar surface area (TPSA) is 27.0 Å². The molecule has 0 aromatic heterocycles. The van der Waals surface area contributed by atoms with Gasteiger partial charge < -0.3 is 4.90 Å². The first kappa shape index (κ1) is 15.6. The van der Waals surface area contributed by atoms with E-state index in [-0.39, 0.29) is 0 Å². The quantitative estimate of drug-likeness (QED) is 0.543. The Balaban J connectivity index is 2.04. The SMILES string of the molecule is CN(CCC#N)c1ccc(C=Cc2cccc(I)c2)cc1. The van der Waals surface area contributed by atoms with Crippen LogP contribution in [0, 0.1) is 14.9 Å². The van der Waals surface area contributed by atoms with Crippen LogP contribution in [0.15, 0.2) is 48.5 Å². The van der Waals surface area contributed by atoms with Crippen LogP contribution >= 0.6 is 22.6 Å². The molecule has 2 aromatic carbocycles. The molecule has 0 aliphatic rings. The maximum atomic E-state index is 8.62. The summed E-state index contributed by atoms with van der Waals surface area (Å²) in [7, 11) is 2.01. The second kappa shape index (κ2) is 7.84. The standard InChI is InChI=1S/C18H17IN2/c1-21(13-3-12-20)18-10-8-15(9-11-18)6-7-16-4-2-5-17(19)14-16/h2,4-11,14H,3,13H2,1H3. The lowest BCUT2D eigenvalue weighted by molar-refractivity contribution is 0.905.